The zero-order valence-corrected chi connectivity index (χ0v) is 7.46. The van der Waals surface area contributed by atoms with Crippen LogP contribution in [-0.4, -0.2) is 24.5 Å². The van der Waals surface area contributed by atoms with Crippen molar-refractivity contribution in [2.24, 2.45) is 5.92 Å². The Balaban J connectivity index is 2.52. The molecule has 0 saturated heterocycles. The molecule has 1 aliphatic rings. The maximum absolute atomic E-state index is 10.6. The Bertz CT molecular complexity index is 249. The molecule has 1 rings (SSSR count). The molecule has 0 aromatic carbocycles. The quantitative estimate of drug-likeness (QED) is 0.514. The average molecular weight is 192 g/mol. The van der Waals surface area contributed by atoms with E-state index in [-0.39, 0.29) is 5.92 Å². The predicted molar refractivity (Wildman–Crippen MR) is 43.4 cm³/mol. The molecular weight excluding hydrogens is 180 g/mol. The van der Waals surface area contributed by atoms with E-state index in [1.165, 1.54) is 0 Å². The summed E-state index contributed by atoms with van der Waals surface area (Å²) in [5, 5.41) is -0.645. The maximum Gasteiger partial charge on any atom is 0.267 e. The molecule has 12 heavy (non-hydrogen) atoms. The zero-order valence-electron chi connectivity index (χ0n) is 6.64. The Morgan fingerprint density at radius 2 is 1.67 bits per heavy atom. The first kappa shape index (κ1) is 9.67. The van der Waals surface area contributed by atoms with Crippen molar-refractivity contribution in [3.8, 4) is 0 Å². The molecule has 0 unspecified atom stereocenters. The highest BCUT2D eigenvalue weighted by Gasteiger charge is 2.28. The van der Waals surface area contributed by atoms with Gasteiger partial charge in [0.1, 0.15) is 6.29 Å². The van der Waals surface area contributed by atoms with Gasteiger partial charge in [0.2, 0.25) is 0 Å². The highest BCUT2D eigenvalue weighted by Crippen LogP contribution is 2.26. The highest BCUT2D eigenvalue weighted by atomic mass is 32.2. The number of hydrogen-bond acceptors (Lipinski definition) is 3. The van der Waals surface area contributed by atoms with Crippen molar-refractivity contribution < 1.29 is 17.8 Å². The molecule has 0 aliphatic heterocycles. The lowest BCUT2D eigenvalue weighted by Crippen LogP contribution is -2.26. The number of rotatable bonds is 2. The number of aldehydes is 1. The van der Waals surface area contributed by atoms with Crippen LogP contribution in [-0.2, 0) is 14.9 Å². The van der Waals surface area contributed by atoms with Gasteiger partial charge in [-0.1, -0.05) is 0 Å². The van der Waals surface area contributed by atoms with Crippen LogP contribution in [0.3, 0.4) is 0 Å². The smallest absolute Gasteiger partial charge is 0.267 e. The lowest BCUT2D eigenvalue weighted by molar-refractivity contribution is -0.111. The van der Waals surface area contributed by atoms with Crippen LogP contribution in [0.25, 0.3) is 0 Å². The van der Waals surface area contributed by atoms with Gasteiger partial charge in [-0.15, -0.1) is 0 Å². The molecule has 1 saturated carbocycles. The lowest BCUT2D eigenvalue weighted by Gasteiger charge is -2.22. The summed E-state index contributed by atoms with van der Waals surface area (Å²) in [6.07, 6.45) is 2.83. The van der Waals surface area contributed by atoms with E-state index in [4.69, 9.17) is 4.55 Å². The van der Waals surface area contributed by atoms with Crippen LogP contribution in [0.4, 0.5) is 0 Å². The third-order valence-corrected chi connectivity index (χ3v) is 3.65. The van der Waals surface area contributed by atoms with E-state index in [1.54, 1.807) is 0 Å². The first-order valence-corrected chi connectivity index (χ1v) is 5.46. The van der Waals surface area contributed by atoms with Crippen molar-refractivity contribution in [3.63, 3.8) is 0 Å². The lowest BCUT2D eigenvalue weighted by atomic mass is 9.90. The number of carbonyl (C=O) groups is 1. The van der Waals surface area contributed by atoms with Gasteiger partial charge in [0.25, 0.3) is 10.1 Å². The third-order valence-electron chi connectivity index (χ3n) is 2.33. The van der Waals surface area contributed by atoms with Gasteiger partial charge in [0, 0.05) is 5.92 Å². The Morgan fingerprint density at radius 3 is 2.00 bits per heavy atom. The first-order valence-electron chi connectivity index (χ1n) is 3.95. The van der Waals surface area contributed by atoms with Crippen LogP contribution in [0, 0.1) is 5.92 Å². The minimum Gasteiger partial charge on any atom is -0.303 e. The molecule has 5 heteroatoms. The second kappa shape index (κ2) is 3.53. The summed E-state index contributed by atoms with van der Waals surface area (Å²) in [5.74, 6) is -0.0111. The second-order valence-electron chi connectivity index (χ2n) is 3.19. The summed E-state index contributed by atoms with van der Waals surface area (Å²) < 4.78 is 30.0. The average Bonchev–Trinajstić information content (AvgIpc) is 2.03. The van der Waals surface area contributed by atoms with Gasteiger partial charge in [-0.05, 0) is 25.7 Å². The molecule has 4 nitrogen and oxygen atoms in total. The van der Waals surface area contributed by atoms with E-state index in [2.05, 4.69) is 0 Å². The fourth-order valence-corrected chi connectivity index (χ4v) is 2.39. The van der Waals surface area contributed by atoms with Crippen LogP contribution in [0.5, 0.6) is 0 Å². The van der Waals surface area contributed by atoms with Gasteiger partial charge < -0.3 is 4.79 Å². The second-order valence-corrected chi connectivity index (χ2v) is 4.88. The summed E-state index contributed by atoms with van der Waals surface area (Å²) >= 11 is 0. The van der Waals surface area contributed by atoms with E-state index in [1.807, 2.05) is 0 Å². The Morgan fingerprint density at radius 1 is 1.17 bits per heavy atom. The Labute approximate surface area is 71.7 Å². The summed E-state index contributed by atoms with van der Waals surface area (Å²) in [6, 6.07) is 0. The molecule has 0 aromatic rings. The SMILES string of the molecule is O=CC1CCC(S(=O)(=O)O)CC1. The van der Waals surface area contributed by atoms with Gasteiger partial charge in [0.05, 0.1) is 5.25 Å². The molecule has 0 radical (unpaired) electrons. The molecule has 1 fully saturated rings. The van der Waals surface area contributed by atoms with Gasteiger partial charge >= 0.3 is 0 Å². The molecule has 0 atom stereocenters. The van der Waals surface area contributed by atoms with Crippen LogP contribution in [0.15, 0.2) is 0 Å². The standard InChI is InChI=1S/C7H12O4S/c8-5-6-1-3-7(4-2-6)12(9,10)11/h5-7H,1-4H2,(H,9,10,11). The molecule has 1 N–H and O–H groups in total. The van der Waals surface area contributed by atoms with Gasteiger partial charge in [0.15, 0.2) is 0 Å². The summed E-state index contributed by atoms with van der Waals surface area (Å²) in [7, 11) is -3.87. The maximum atomic E-state index is 10.6. The van der Waals surface area contributed by atoms with Crippen molar-refractivity contribution in [1.29, 1.82) is 0 Å². The fourth-order valence-electron chi connectivity index (χ4n) is 1.52. The highest BCUT2D eigenvalue weighted by molar-refractivity contribution is 7.86. The zero-order chi connectivity index (χ0) is 9.19. The van der Waals surface area contributed by atoms with Crippen molar-refractivity contribution in [2.75, 3.05) is 0 Å². The van der Waals surface area contributed by atoms with E-state index < -0.39 is 15.4 Å². The molecule has 1 aliphatic carbocycles. The molecule has 0 amide bonds. The Hall–Kier alpha value is -0.420. The summed E-state index contributed by atoms with van der Waals surface area (Å²) in [4.78, 5) is 10.3. The summed E-state index contributed by atoms with van der Waals surface area (Å²) in [5.41, 5.74) is 0. The van der Waals surface area contributed by atoms with E-state index >= 15 is 0 Å². The van der Waals surface area contributed by atoms with Crippen molar-refractivity contribution in [1.82, 2.24) is 0 Å². The Kier molecular flexibility index (Phi) is 2.85. The van der Waals surface area contributed by atoms with Gasteiger partial charge in [-0.25, -0.2) is 0 Å². The minimum absolute atomic E-state index is 0.0111. The molecular formula is C7H12O4S. The predicted octanol–water partition coefficient (Wildman–Crippen LogP) is 0.632. The molecule has 0 bridgehead atoms. The number of hydrogen-bond donors (Lipinski definition) is 1. The largest absolute Gasteiger partial charge is 0.303 e. The van der Waals surface area contributed by atoms with Crippen LogP contribution >= 0.6 is 0 Å². The van der Waals surface area contributed by atoms with Crippen molar-refractivity contribution in [2.45, 2.75) is 30.9 Å². The van der Waals surface area contributed by atoms with Crippen LogP contribution in [0.2, 0.25) is 0 Å². The molecule has 0 aromatic heterocycles. The van der Waals surface area contributed by atoms with Crippen molar-refractivity contribution >= 4 is 16.4 Å². The van der Waals surface area contributed by atoms with Gasteiger partial charge in [-0.2, -0.15) is 8.42 Å². The molecule has 70 valence electrons. The first-order chi connectivity index (χ1) is 5.54. The normalized spacial score (nSPS) is 31.4. The number of carbonyl (C=O) groups excluding carboxylic acids is 1. The fraction of sp³-hybridized carbons (Fsp3) is 0.857. The van der Waals surface area contributed by atoms with E-state index in [0.29, 0.717) is 25.7 Å². The minimum atomic E-state index is -3.87. The van der Waals surface area contributed by atoms with Crippen LogP contribution in [0.1, 0.15) is 25.7 Å². The van der Waals surface area contributed by atoms with Gasteiger partial charge in [-0.3, -0.25) is 4.55 Å². The molecule has 0 spiro atoms. The van der Waals surface area contributed by atoms with E-state index in [9.17, 15) is 13.2 Å². The van der Waals surface area contributed by atoms with Crippen molar-refractivity contribution in [3.05, 3.63) is 0 Å². The molecule has 0 heterocycles. The summed E-state index contributed by atoms with van der Waals surface area (Å²) in [6.45, 7) is 0. The van der Waals surface area contributed by atoms with Crippen LogP contribution < -0.4 is 0 Å². The van der Waals surface area contributed by atoms with E-state index in [0.717, 1.165) is 6.29 Å². The monoisotopic (exact) mass is 192 g/mol. The third kappa shape index (κ3) is 2.28. The topological polar surface area (TPSA) is 71.4 Å².